The molecule has 5 heteroatoms. The van der Waals surface area contributed by atoms with Crippen LogP contribution in [0.25, 0.3) is 0 Å². The Morgan fingerprint density at radius 1 is 0.917 bits per heavy atom. The first-order chi connectivity index (χ1) is 11.2. The first kappa shape index (κ1) is 20.7. The molecule has 0 aliphatic carbocycles. The fourth-order valence-electron chi connectivity index (χ4n) is 1.97. The zero-order valence-corrected chi connectivity index (χ0v) is 16.5. The van der Waals surface area contributed by atoms with Crippen molar-refractivity contribution in [2.45, 2.75) is 30.1 Å². The van der Waals surface area contributed by atoms with E-state index in [4.69, 9.17) is 9.47 Å². The molecule has 0 N–H and O–H groups in total. The summed E-state index contributed by atoms with van der Waals surface area (Å²) in [5.74, 6) is -1.04. The quantitative estimate of drug-likeness (QED) is 0.408. The SMILES string of the molecule is COc1ccc(C(C)I)cc1.COc1ccc(CC(C)(F)F)cc1. The van der Waals surface area contributed by atoms with Gasteiger partial charge in [-0.1, -0.05) is 46.9 Å². The number of hydrogen-bond acceptors (Lipinski definition) is 2. The molecule has 2 aromatic rings. The summed E-state index contributed by atoms with van der Waals surface area (Å²) >= 11 is 2.39. The normalized spacial score (nSPS) is 12.0. The lowest BCUT2D eigenvalue weighted by Gasteiger charge is -2.09. The second-order valence-electron chi connectivity index (χ2n) is 5.48. The average molecular weight is 448 g/mol. The molecule has 24 heavy (non-hydrogen) atoms. The fourth-order valence-corrected chi connectivity index (χ4v) is 2.39. The van der Waals surface area contributed by atoms with E-state index in [-0.39, 0.29) is 6.42 Å². The Hall–Kier alpha value is -1.37. The molecule has 0 bridgehead atoms. The van der Waals surface area contributed by atoms with Gasteiger partial charge in [0, 0.05) is 10.3 Å². The van der Waals surface area contributed by atoms with Crippen molar-refractivity contribution in [2.75, 3.05) is 14.2 Å². The maximum atomic E-state index is 12.6. The Bertz CT molecular complexity index is 590. The first-order valence-corrected chi connectivity index (χ1v) is 8.78. The van der Waals surface area contributed by atoms with Crippen LogP contribution in [0.3, 0.4) is 0 Å². The molecule has 0 amide bonds. The third kappa shape index (κ3) is 7.95. The summed E-state index contributed by atoms with van der Waals surface area (Å²) in [4.78, 5) is 0. The van der Waals surface area contributed by atoms with E-state index in [0.29, 0.717) is 15.2 Å². The van der Waals surface area contributed by atoms with Crippen LogP contribution in [0, 0.1) is 0 Å². The van der Waals surface area contributed by atoms with Gasteiger partial charge in [-0.05, 0) is 49.2 Å². The summed E-state index contributed by atoms with van der Waals surface area (Å²) in [7, 11) is 3.23. The maximum absolute atomic E-state index is 12.6. The van der Waals surface area contributed by atoms with Crippen LogP contribution in [0.2, 0.25) is 0 Å². The fraction of sp³-hybridized carbons (Fsp3) is 0.368. The average Bonchev–Trinajstić information content (AvgIpc) is 2.55. The van der Waals surface area contributed by atoms with Crippen molar-refractivity contribution in [3.05, 3.63) is 59.7 Å². The number of alkyl halides is 3. The van der Waals surface area contributed by atoms with Gasteiger partial charge in [-0.2, -0.15) is 0 Å². The van der Waals surface area contributed by atoms with Gasteiger partial charge in [-0.15, -0.1) is 0 Å². The van der Waals surface area contributed by atoms with Crippen LogP contribution in [0.4, 0.5) is 8.78 Å². The Kier molecular flexibility index (Phi) is 8.45. The third-order valence-electron chi connectivity index (χ3n) is 3.25. The molecule has 0 aliphatic rings. The lowest BCUT2D eigenvalue weighted by molar-refractivity contribution is 0.0226. The molecule has 2 nitrogen and oxygen atoms in total. The van der Waals surface area contributed by atoms with Gasteiger partial charge in [0.05, 0.1) is 14.2 Å². The van der Waals surface area contributed by atoms with Crippen molar-refractivity contribution < 1.29 is 18.3 Å². The molecule has 1 unspecified atom stereocenters. The van der Waals surface area contributed by atoms with Gasteiger partial charge in [0.15, 0.2) is 0 Å². The first-order valence-electron chi connectivity index (χ1n) is 7.54. The summed E-state index contributed by atoms with van der Waals surface area (Å²) in [6.45, 7) is 3.08. The zero-order chi connectivity index (χ0) is 18.2. The van der Waals surface area contributed by atoms with Crippen molar-refractivity contribution in [3.8, 4) is 11.5 Å². The number of benzene rings is 2. The van der Waals surface area contributed by atoms with Crippen LogP contribution in [-0.2, 0) is 6.42 Å². The molecule has 0 fully saturated rings. The van der Waals surface area contributed by atoms with Crippen LogP contribution >= 0.6 is 22.6 Å². The second-order valence-corrected chi connectivity index (χ2v) is 7.35. The smallest absolute Gasteiger partial charge is 0.249 e. The van der Waals surface area contributed by atoms with E-state index >= 15 is 0 Å². The van der Waals surface area contributed by atoms with Gasteiger partial charge in [0.2, 0.25) is 5.92 Å². The van der Waals surface area contributed by atoms with Crippen molar-refractivity contribution in [2.24, 2.45) is 0 Å². The number of methoxy groups -OCH3 is 2. The van der Waals surface area contributed by atoms with Gasteiger partial charge >= 0.3 is 0 Å². The third-order valence-corrected chi connectivity index (χ3v) is 3.97. The predicted octanol–water partition coefficient (Wildman–Crippen LogP) is 6.08. The topological polar surface area (TPSA) is 18.5 Å². The minimum absolute atomic E-state index is 0.225. The Morgan fingerprint density at radius 2 is 1.33 bits per heavy atom. The van der Waals surface area contributed by atoms with Crippen molar-refractivity contribution in [1.29, 1.82) is 0 Å². The molecule has 132 valence electrons. The Morgan fingerprint density at radius 3 is 1.67 bits per heavy atom. The predicted molar refractivity (Wildman–Crippen MR) is 103 cm³/mol. The highest BCUT2D eigenvalue weighted by molar-refractivity contribution is 14.1. The Labute approximate surface area is 156 Å². The second kappa shape index (κ2) is 9.81. The number of hydrogen-bond donors (Lipinski definition) is 0. The van der Waals surface area contributed by atoms with Crippen LogP contribution in [-0.4, -0.2) is 20.1 Å². The van der Waals surface area contributed by atoms with Gasteiger partial charge in [0.1, 0.15) is 11.5 Å². The highest BCUT2D eigenvalue weighted by Crippen LogP contribution is 2.24. The molecular formula is C19H23F2IO2. The van der Waals surface area contributed by atoms with E-state index in [1.807, 2.05) is 12.1 Å². The highest BCUT2D eigenvalue weighted by Gasteiger charge is 2.21. The minimum Gasteiger partial charge on any atom is -0.497 e. The summed E-state index contributed by atoms with van der Waals surface area (Å²) < 4.78 is 35.6. The van der Waals surface area contributed by atoms with Gasteiger partial charge in [-0.25, -0.2) is 8.78 Å². The standard InChI is InChI=1S/C10H12F2O.C9H11IO/c1-10(11,12)7-8-3-5-9(13-2)6-4-8;1-7(10)8-3-5-9(11-2)6-4-8/h3-6H,7H2,1-2H3;3-7H,1-2H3. The molecule has 0 saturated carbocycles. The van der Waals surface area contributed by atoms with Gasteiger partial charge in [-0.3, -0.25) is 0 Å². The summed E-state index contributed by atoms with van der Waals surface area (Å²) in [5.41, 5.74) is 1.96. The number of rotatable bonds is 5. The number of halogens is 3. The largest absolute Gasteiger partial charge is 0.497 e. The molecule has 0 spiro atoms. The Balaban J connectivity index is 0.000000243. The van der Waals surface area contributed by atoms with E-state index < -0.39 is 5.92 Å². The van der Waals surface area contributed by atoms with Crippen LogP contribution in [0.5, 0.6) is 11.5 Å². The molecule has 0 aliphatic heterocycles. The molecule has 0 aromatic heterocycles. The molecule has 1 atom stereocenters. The number of ether oxygens (including phenoxy) is 2. The van der Waals surface area contributed by atoms with Crippen molar-refractivity contribution >= 4 is 22.6 Å². The maximum Gasteiger partial charge on any atom is 0.249 e. The summed E-state index contributed by atoms with van der Waals surface area (Å²) in [6.07, 6.45) is -0.225. The van der Waals surface area contributed by atoms with E-state index in [2.05, 4.69) is 41.6 Å². The molecular weight excluding hydrogens is 425 g/mol. The van der Waals surface area contributed by atoms with E-state index in [1.165, 1.54) is 5.56 Å². The van der Waals surface area contributed by atoms with E-state index in [9.17, 15) is 8.78 Å². The summed E-state index contributed by atoms with van der Waals surface area (Å²) in [6, 6.07) is 14.8. The zero-order valence-electron chi connectivity index (χ0n) is 14.4. The van der Waals surface area contributed by atoms with Crippen molar-refractivity contribution in [3.63, 3.8) is 0 Å². The van der Waals surface area contributed by atoms with Crippen LogP contribution < -0.4 is 9.47 Å². The minimum atomic E-state index is -2.64. The molecule has 0 saturated heterocycles. The van der Waals surface area contributed by atoms with E-state index in [1.54, 1.807) is 38.5 Å². The molecule has 0 radical (unpaired) electrons. The molecule has 2 aromatic carbocycles. The lowest BCUT2D eigenvalue weighted by atomic mass is 10.1. The van der Waals surface area contributed by atoms with Gasteiger partial charge in [0.25, 0.3) is 0 Å². The van der Waals surface area contributed by atoms with Gasteiger partial charge < -0.3 is 9.47 Å². The lowest BCUT2D eigenvalue weighted by Crippen LogP contribution is -2.13. The van der Waals surface area contributed by atoms with E-state index in [0.717, 1.165) is 12.7 Å². The molecule has 2 rings (SSSR count). The monoisotopic (exact) mass is 448 g/mol. The molecule has 0 heterocycles. The highest BCUT2D eigenvalue weighted by atomic mass is 127. The van der Waals surface area contributed by atoms with Crippen LogP contribution in [0.1, 0.15) is 28.9 Å². The van der Waals surface area contributed by atoms with Crippen molar-refractivity contribution in [1.82, 2.24) is 0 Å². The van der Waals surface area contributed by atoms with Crippen LogP contribution in [0.15, 0.2) is 48.5 Å². The summed E-state index contributed by atoms with van der Waals surface area (Å²) in [5, 5.41) is 0.